The number of fused-ring (bicyclic) bond motifs is 6. The van der Waals surface area contributed by atoms with Crippen LogP contribution in [0.2, 0.25) is 0 Å². The van der Waals surface area contributed by atoms with Gasteiger partial charge >= 0.3 is 0 Å². The Bertz CT molecular complexity index is 3230. The van der Waals surface area contributed by atoms with Gasteiger partial charge in [0.2, 0.25) is 0 Å². The summed E-state index contributed by atoms with van der Waals surface area (Å²) in [7, 11) is 0. The number of para-hydroxylation sites is 2. The summed E-state index contributed by atoms with van der Waals surface area (Å²) in [4.78, 5) is 10.6. The number of hydrogen-bond acceptors (Lipinski definition) is 4. The zero-order valence-electron chi connectivity index (χ0n) is 34.2. The van der Waals surface area contributed by atoms with Gasteiger partial charge in [0.15, 0.2) is 0 Å². The summed E-state index contributed by atoms with van der Waals surface area (Å²) < 4.78 is 8.70. The van der Waals surface area contributed by atoms with E-state index in [1.807, 2.05) is 36.5 Å². The first-order valence-corrected chi connectivity index (χ1v) is 20.3. The second-order valence-corrected chi connectivity index (χ2v) is 17.7. The fourth-order valence-electron chi connectivity index (χ4n) is 8.58. The number of hydrogen-bond donors (Lipinski definition) is 1. The van der Waals surface area contributed by atoms with Gasteiger partial charge < -0.3 is 9.52 Å². The first kappa shape index (κ1) is 36.4. The minimum absolute atomic E-state index is 0.158. The number of rotatable bonds is 5. The van der Waals surface area contributed by atoms with Crippen molar-refractivity contribution in [3.8, 4) is 56.3 Å². The summed E-state index contributed by atoms with van der Waals surface area (Å²) in [5.41, 5.74) is 12.7. The molecule has 59 heavy (non-hydrogen) atoms. The van der Waals surface area contributed by atoms with E-state index in [1.54, 1.807) is 0 Å². The first-order chi connectivity index (χ1) is 28.4. The Morgan fingerprint density at radius 2 is 1.25 bits per heavy atom. The van der Waals surface area contributed by atoms with Crippen LogP contribution in [0.4, 0.5) is 0 Å². The molecule has 10 rings (SSSR count). The van der Waals surface area contributed by atoms with E-state index < -0.39 is 0 Å². The van der Waals surface area contributed by atoms with Crippen molar-refractivity contribution in [2.75, 3.05) is 0 Å². The smallest absolute Gasteiger partial charge is 0.149 e. The zero-order chi connectivity index (χ0) is 40.6. The molecule has 3 heterocycles. The molecule has 0 saturated carbocycles. The summed E-state index contributed by atoms with van der Waals surface area (Å²) in [5, 5.41) is 16.6. The molecule has 0 spiro atoms. The third-order valence-electron chi connectivity index (χ3n) is 11.6. The highest BCUT2D eigenvalue weighted by molar-refractivity contribution is 6.22. The highest BCUT2D eigenvalue weighted by Crippen LogP contribution is 2.46. The van der Waals surface area contributed by atoms with E-state index in [4.69, 9.17) is 14.4 Å². The Labute approximate surface area is 344 Å². The predicted octanol–water partition coefficient (Wildman–Crippen LogP) is 14.4. The van der Waals surface area contributed by atoms with E-state index in [9.17, 15) is 5.11 Å². The molecule has 0 aliphatic heterocycles. The SMILES string of the molecule is CC(C)(C)c1cc(-c2nc3c(-c4cc(-c5ccccc5)cc(-c5nccc6oc7ccc8ccccc8c7c56)c4)cccc3n2-c2ccccc2)c(O)c(C(C)(C)C)c1. The number of phenols is 1. The van der Waals surface area contributed by atoms with E-state index in [2.05, 4.69) is 167 Å². The minimum Gasteiger partial charge on any atom is -0.507 e. The van der Waals surface area contributed by atoms with Crippen LogP contribution in [-0.4, -0.2) is 19.6 Å². The zero-order valence-corrected chi connectivity index (χ0v) is 34.2. The normalized spacial score (nSPS) is 12.3. The quantitative estimate of drug-likeness (QED) is 0.189. The Morgan fingerprint density at radius 1 is 0.559 bits per heavy atom. The summed E-state index contributed by atoms with van der Waals surface area (Å²) >= 11 is 0. The van der Waals surface area contributed by atoms with Crippen LogP contribution in [0.1, 0.15) is 52.7 Å². The van der Waals surface area contributed by atoms with Gasteiger partial charge in [-0.2, -0.15) is 0 Å². The molecule has 0 aliphatic rings. The monoisotopic (exact) mass is 767 g/mol. The molecule has 3 aromatic heterocycles. The van der Waals surface area contributed by atoms with Crippen LogP contribution in [0.3, 0.4) is 0 Å². The van der Waals surface area contributed by atoms with Crippen molar-refractivity contribution in [1.29, 1.82) is 0 Å². The van der Waals surface area contributed by atoms with Gasteiger partial charge in [0, 0.05) is 34.0 Å². The maximum Gasteiger partial charge on any atom is 0.149 e. The van der Waals surface area contributed by atoms with Crippen molar-refractivity contribution in [2.45, 2.75) is 52.4 Å². The fraction of sp³-hybridized carbons (Fsp3) is 0.148. The van der Waals surface area contributed by atoms with Crippen molar-refractivity contribution in [3.05, 3.63) is 169 Å². The first-order valence-electron chi connectivity index (χ1n) is 20.3. The van der Waals surface area contributed by atoms with E-state index in [-0.39, 0.29) is 16.6 Å². The lowest BCUT2D eigenvalue weighted by molar-refractivity contribution is 0.446. The Morgan fingerprint density at radius 3 is 2.02 bits per heavy atom. The van der Waals surface area contributed by atoms with Gasteiger partial charge in [-0.3, -0.25) is 9.55 Å². The molecule has 0 amide bonds. The Balaban J connectivity index is 1.27. The lowest BCUT2D eigenvalue weighted by Gasteiger charge is -2.27. The molecule has 0 bridgehead atoms. The molecule has 0 radical (unpaired) electrons. The average Bonchev–Trinajstić information content (AvgIpc) is 3.83. The van der Waals surface area contributed by atoms with Crippen molar-refractivity contribution in [1.82, 2.24) is 14.5 Å². The van der Waals surface area contributed by atoms with E-state index in [1.165, 1.54) is 0 Å². The van der Waals surface area contributed by atoms with Crippen LogP contribution in [0.25, 0.3) is 94.3 Å². The minimum atomic E-state index is -0.299. The highest BCUT2D eigenvalue weighted by Gasteiger charge is 2.29. The topological polar surface area (TPSA) is 64.1 Å². The summed E-state index contributed by atoms with van der Waals surface area (Å²) in [6.07, 6.45) is 1.84. The van der Waals surface area contributed by atoms with Crippen LogP contribution >= 0.6 is 0 Å². The van der Waals surface area contributed by atoms with Gasteiger partial charge in [0.25, 0.3) is 0 Å². The number of aromatic hydroxyl groups is 1. The standard InChI is InChI=1S/C54H45N3O2/c1-53(2,3)38-31-42(51(58)43(32-38)54(4,5)6)52-56-50-41(22-15-23-44(50)57(52)39-19-11-8-12-20-39)36-28-35(33-16-9-7-10-17-33)29-37(30-36)49-48-46(26-27-55-49)59-45-25-24-34-18-13-14-21-40(34)47(45)48/h7-32,58H,1-6H3. The number of phenolic OH excluding ortho intramolecular Hbond substituents is 1. The van der Waals surface area contributed by atoms with Crippen LogP contribution in [0, 0.1) is 0 Å². The molecule has 0 atom stereocenters. The largest absolute Gasteiger partial charge is 0.507 e. The average molecular weight is 768 g/mol. The number of furan rings is 1. The Kier molecular flexibility index (Phi) is 8.36. The van der Waals surface area contributed by atoms with Crippen molar-refractivity contribution in [3.63, 3.8) is 0 Å². The molecule has 0 fully saturated rings. The molecule has 0 aliphatic carbocycles. The fourth-order valence-corrected chi connectivity index (χ4v) is 8.58. The second kappa shape index (κ2) is 13.6. The molecule has 0 unspecified atom stereocenters. The molecular formula is C54H45N3O2. The molecule has 5 nitrogen and oxygen atoms in total. The van der Waals surface area contributed by atoms with E-state index in [0.717, 1.165) is 94.1 Å². The van der Waals surface area contributed by atoms with Gasteiger partial charge in [-0.05, 0) is 98.5 Å². The molecular weight excluding hydrogens is 723 g/mol. The number of nitrogens with zero attached hydrogens (tertiary/aromatic N) is 3. The van der Waals surface area contributed by atoms with Gasteiger partial charge in [0.05, 0.1) is 27.7 Å². The van der Waals surface area contributed by atoms with Gasteiger partial charge in [-0.25, -0.2) is 4.98 Å². The lowest BCUT2D eigenvalue weighted by atomic mass is 9.79. The number of benzene rings is 7. The van der Waals surface area contributed by atoms with Gasteiger partial charge in [-0.15, -0.1) is 0 Å². The van der Waals surface area contributed by atoms with Crippen molar-refractivity contribution < 1.29 is 9.52 Å². The number of aromatic nitrogens is 3. The third kappa shape index (κ3) is 6.16. The van der Waals surface area contributed by atoms with Crippen LogP contribution in [0.5, 0.6) is 5.75 Å². The third-order valence-corrected chi connectivity index (χ3v) is 11.6. The van der Waals surface area contributed by atoms with E-state index >= 15 is 0 Å². The van der Waals surface area contributed by atoms with Crippen LogP contribution in [-0.2, 0) is 10.8 Å². The lowest BCUT2D eigenvalue weighted by Crippen LogP contribution is -2.17. The number of imidazole rings is 1. The van der Waals surface area contributed by atoms with Crippen molar-refractivity contribution >= 4 is 43.7 Å². The Hall–Kier alpha value is -6.98. The summed E-state index contributed by atoms with van der Waals surface area (Å²) in [5.74, 6) is 0.947. The highest BCUT2D eigenvalue weighted by atomic mass is 16.3. The van der Waals surface area contributed by atoms with Crippen LogP contribution in [0.15, 0.2) is 162 Å². The second-order valence-electron chi connectivity index (χ2n) is 17.7. The molecule has 1 N–H and O–H groups in total. The molecule has 7 aromatic carbocycles. The number of pyridine rings is 1. The maximum absolute atomic E-state index is 12.2. The molecule has 5 heteroatoms. The van der Waals surface area contributed by atoms with Crippen molar-refractivity contribution in [2.24, 2.45) is 0 Å². The molecule has 0 saturated heterocycles. The van der Waals surface area contributed by atoms with Gasteiger partial charge in [-0.1, -0.05) is 139 Å². The van der Waals surface area contributed by atoms with E-state index in [0.29, 0.717) is 11.4 Å². The maximum atomic E-state index is 12.2. The molecule has 10 aromatic rings. The van der Waals surface area contributed by atoms with Gasteiger partial charge in [0.1, 0.15) is 22.7 Å². The molecule has 288 valence electrons. The van der Waals surface area contributed by atoms with Crippen LogP contribution < -0.4 is 0 Å². The predicted molar refractivity (Wildman–Crippen MR) is 244 cm³/mol. The summed E-state index contributed by atoms with van der Waals surface area (Å²) in [6.45, 7) is 13.1. The summed E-state index contributed by atoms with van der Waals surface area (Å²) in [6, 6.07) is 52.9.